The van der Waals surface area contributed by atoms with Gasteiger partial charge in [-0.15, -0.1) is 0 Å². The zero-order valence-corrected chi connectivity index (χ0v) is 20.1. The largest absolute Gasteiger partial charge is 0.474 e. The molecule has 1 aliphatic rings. The Morgan fingerprint density at radius 1 is 0.935 bits per heavy atom. The first kappa shape index (κ1) is 24.8. The Labute approximate surface area is 192 Å². The Bertz CT molecular complexity index is 837. The van der Waals surface area contributed by atoms with Gasteiger partial charge in [0.05, 0.1) is 12.1 Å². The Balaban J connectivity index is 0.000000233. The van der Waals surface area contributed by atoms with Crippen LogP contribution in [0.2, 0.25) is 0 Å². The molecule has 2 atom stereocenters. The molecule has 0 bridgehead atoms. The van der Waals surface area contributed by atoms with Gasteiger partial charge in [0.15, 0.2) is 0 Å². The van der Waals surface area contributed by atoms with Crippen molar-refractivity contribution < 1.29 is 14.3 Å². The highest BCUT2D eigenvalue weighted by Gasteiger charge is 2.17. The van der Waals surface area contributed by atoms with Crippen LogP contribution in [0.25, 0.3) is 0 Å². The van der Waals surface area contributed by atoms with Crippen molar-refractivity contribution in [1.29, 1.82) is 0 Å². The smallest absolute Gasteiger partial charge is 0.217 e. The lowest BCUT2D eigenvalue weighted by molar-refractivity contribution is -0.120. The fraction of sp³-hybridized carbons (Fsp3) is 0.478. The number of hydrogen-bond acceptors (Lipinski definition) is 5. The third kappa shape index (κ3) is 9.04. The van der Waals surface area contributed by atoms with E-state index in [0.29, 0.717) is 12.0 Å². The molecule has 3 rings (SSSR count). The molecule has 168 valence electrons. The van der Waals surface area contributed by atoms with Crippen LogP contribution in [0, 0.1) is 0 Å². The van der Waals surface area contributed by atoms with Crippen LogP contribution in [0.5, 0.6) is 5.88 Å². The number of amides is 2. The first-order valence-corrected chi connectivity index (χ1v) is 11.3. The normalized spacial score (nSPS) is 15.3. The van der Waals surface area contributed by atoms with Gasteiger partial charge in [-0.2, -0.15) is 0 Å². The highest BCUT2D eigenvalue weighted by atomic mass is 79.9. The number of ether oxygens (including phenoxy) is 1. The lowest BCUT2D eigenvalue weighted by Gasteiger charge is -2.15. The molecule has 1 fully saturated rings. The van der Waals surface area contributed by atoms with E-state index in [-0.39, 0.29) is 23.9 Å². The zero-order chi connectivity index (χ0) is 22.8. The maximum atomic E-state index is 11.0. The Kier molecular flexibility index (Phi) is 9.91. The van der Waals surface area contributed by atoms with E-state index in [1.165, 1.54) is 26.7 Å². The number of nitrogens with zero attached hydrogens (tertiary/aromatic N) is 2. The van der Waals surface area contributed by atoms with Crippen molar-refractivity contribution in [1.82, 2.24) is 20.6 Å². The van der Waals surface area contributed by atoms with Crippen molar-refractivity contribution in [3.05, 3.63) is 52.4 Å². The molecule has 1 saturated carbocycles. The first-order valence-electron chi connectivity index (χ1n) is 10.5. The number of nitrogens with one attached hydrogen (secondary N) is 2. The minimum atomic E-state index is -0.0335. The highest BCUT2D eigenvalue weighted by Crippen LogP contribution is 2.23. The van der Waals surface area contributed by atoms with Crippen molar-refractivity contribution in [2.75, 3.05) is 0 Å². The third-order valence-electron chi connectivity index (χ3n) is 4.94. The van der Waals surface area contributed by atoms with Gasteiger partial charge < -0.3 is 15.4 Å². The summed E-state index contributed by atoms with van der Waals surface area (Å²) in [6.07, 6.45) is 8.61. The number of halogens is 1. The molecule has 31 heavy (non-hydrogen) atoms. The van der Waals surface area contributed by atoms with Gasteiger partial charge in [-0.05, 0) is 72.7 Å². The molecule has 8 heteroatoms. The van der Waals surface area contributed by atoms with Gasteiger partial charge in [-0.25, -0.2) is 9.97 Å². The Morgan fingerprint density at radius 2 is 1.45 bits per heavy atom. The van der Waals surface area contributed by atoms with E-state index >= 15 is 0 Å². The van der Waals surface area contributed by atoms with Crippen molar-refractivity contribution in [3.8, 4) is 5.88 Å². The fourth-order valence-electron chi connectivity index (χ4n) is 3.31. The molecule has 1 aliphatic carbocycles. The summed E-state index contributed by atoms with van der Waals surface area (Å²) in [5, 5.41) is 5.62. The molecule has 2 amide bonds. The molecule has 0 radical (unpaired) electrons. The van der Waals surface area contributed by atoms with Crippen LogP contribution in [0.3, 0.4) is 0 Å². The summed E-state index contributed by atoms with van der Waals surface area (Å²) in [5.41, 5.74) is 1.99. The lowest BCUT2D eigenvalue weighted by Crippen LogP contribution is -2.23. The van der Waals surface area contributed by atoms with Crippen LogP contribution >= 0.6 is 15.9 Å². The molecular weight excluding hydrogens is 460 g/mol. The van der Waals surface area contributed by atoms with Crippen LogP contribution in [0.4, 0.5) is 0 Å². The van der Waals surface area contributed by atoms with E-state index in [4.69, 9.17) is 4.74 Å². The third-order valence-corrected chi connectivity index (χ3v) is 5.41. The predicted octanol–water partition coefficient (Wildman–Crippen LogP) is 4.64. The average Bonchev–Trinajstić information content (AvgIpc) is 3.21. The van der Waals surface area contributed by atoms with E-state index in [1.807, 2.05) is 38.1 Å². The number of carbonyl (C=O) groups is 2. The monoisotopic (exact) mass is 490 g/mol. The van der Waals surface area contributed by atoms with E-state index < -0.39 is 0 Å². The maximum Gasteiger partial charge on any atom is 0.217 e. The quantitative estimate of drug-likeness (QED) is 0.575. The summed E-state index contributed by atoms with van der Waals surface area (Å²) in [6.45, 7) is 6.88. The van der Waals surface area contributed by atoms with E-state index in [0.717, 1.165) is 28.6 Å². The number of carbonyl (C=O) groups excluding carboxylic acids is 2. The highest BCUT2D eigenvalue weighted by molar-refractivity contribution is 9.10. The predicted molar refractivity (Wildman–Crippen MR) is 124 cm³/mol. The minimum absolute atomic E-state index is 0.0121. The first-order chi connectivity index (χ1) is 14.7. The summed E-state index contributed by atoms with van der Waals surface area (Å²) in [4.78, 5) is 30.1. The van der Waals surface area contributed by atoms with E-state index in [2.05, 4.69) is 36.5 Å². The van der Waals surface area contributed by atoms with Gasteiger partial charge in [0.25, 0.3) is 0 Å². The molecule has 2 N–H and O–H groups in total. The number of aromatic nitrogens is 2. The van der Waals surface area contributed by atoms with Gasteiger partial charge >= 0.3 is 0 Å². The summed E-state index contributed by atoms with van der Waals surface area (Å²) in [6, 6.07) is 7.61. The molecule has 2 aromatic rings. The summed E-state index contributed by atoms with van der Waals surface area (Å²) < 4.78 is 6.59. The fourth-order valence-corrected chi connectivity index (χ4v) is 3.55. The Hall–Kier alpha value is -2.48. The van der Waals surface area contributed by atoms with E-state index in [1.54, 1.807) is 12.4 Å². The van der Waals surface area contributed by atoms with Crippen LogP contribution in [-0.2, 0) is 9.59 Å². The standard InChI is InChI=1S/C14H20N2O2.C9H11BrN2O/c1-10(16-11(2)17)12-7-8-14(15-9-12)18-13-5-3-4-6-13;1-6(12-7(2)13)8-3-4-9(10)11-5-8/h7-10,13H,3-6H2,1-2H3,(H,16,17);3-6H,1-2H3,(H,12,13). The molecule has 2 heterocycles. The molecule has 0 spiro atoms. The number of rotatable bonds is 6. The van der Waals surface area contributed by atoms with Gasteiger partial charge in [0.1, 0.15) is 10.7 Å². The van der Waals surface area contributed by atoms with Crippen LogP contribution in [0.1, 0.15) is 76.6 Å². The average molecular weight is 491 g/mol. The lowest BCUT2D eigenvalue weighted by atomic mass is 10.1. The second-order valence-corrected chi connectivity index (χ2v) is 8.53. The molecular formula is C23H31BrN4O3. The number of hydrogen-bond donors (Lipinski definition) is 2. The molecule has 0 aliphatic heterocycles. The Morgan fingerprint density at radius 3 is 1.87 bits per heavy atom. The van der Waals surface area contributed by atoms with Crippen LogP contribution in [-0.4, -0.2) is 27.9 Å². The van der Waals surface area contributed by atoms with Crippen molar-refractivity contribution >= 4 is 27.7 Å². The second-order valence-electron chi connectivity index (χ2n) is 7.71. The maximum absolute atomic E-state index is 11.0. The molecule has 0 aromatic carbocycles. The van der Waals surface area contributed by atoms with Crippen LogP contribution < -0.4 is 15.4 Å². The summed E-state index contributed by atoms with van der Waals surface area (Å²) in [5.74, 6) is 0.616. The molecule has 0 saturated heterocycles. The summed E-state index contributed by atoms with van der Waals surface area (Å²) in [7, 11) is 0. The van der Waals surface area contributed by atoms with Crippen molar-refractivity contribution in [3.63, 3.8) is 0 Å². The van der Waals surface area contributed by atoms with Crippen molar-refractivity contribution in [2.24, 2.45) is 0 Å². The molecule has 2 unspecified atom stereocenters. The molecule has 7 nitrogen and oxygen atoms in total. The van der Waals surface area contributed by atoms with Crippen molar-refractivity contribution in [2.45, 2.75) is 71.6 Å². The second kappa shape index (κ2) is 12.4. The number of pyridine rings is 2. The van der Waals surface area contributed by atoms with E-state index in [9.17, 15) is 9.59 Å². The SMILES string of the molecule is CC(=O)NC(C)c1ccc(Br)nc1.CC(=O)NC(C)c1ccc(OC2CCCC2)nc1. The topological polar surface area (TPSA) is 93.2 Å². The van der Waals surface area contributed by atoms with Gasteiger partial charge in [0.2, 0.25) is 17.7 Å². The van der Waals surface area contributed by atoms with Gasteiger partial charge in [-0.1, -0.05) is 12.1 Å². The minimum Gasteiger partial charge on any atom is -0.474 e. The van der Waals surface area contributed by atoms with Crippen LogP contribution in [0.15, 0.2) is 41.3 Å². The zero-order valence-electron chi connectivity index (χ0n) is 18.5. The molecule has 2 aromatic heterocycles. The van der Waals surface area contributed by atoms with Gasteiger partial charge in [-0.3, -0.25) is 9.59 Å². The summed E-state index contributed by atoms with van der Waals surface area (Å²) >= 11 is 3.25. The van der Waals surface area contributed by atoms with Gasteiger partial charge in [0, 0.05) is 32.3 Å².